The van der Waals surface area contributed by atoms with Gasteiger partial charge in [0.05, 0.1) is 6.04 Å². The zero-order valence-electron chi connectivity index (χ0n) is 15.4. The summed E-state index contributed by atoms with van der Waals surface area (Å²) in [4.78, 5) is 19.4. The minimum absolute atomic E-state index is 0.223. The first-order chi connectivity index (χ1) is 13.9. The van der Waals surface area contributed by atoms with Crippen LogP contribution in [0, 0.1) is 11.9 Å². The lowest BCUT2D eigenvalue weighted by molar-refractivity contribution is 0.0663. The molecule has 1 aliphatic rings. The van der Waals surface area contributed by atoms with E-state index in [1.54, 1.807) is 6.08 Å². The fourth-order valence-electron chi connectivity index (χ4n) is 3.09. The van der Waals surface area contributed by atoms with Gasteiger partial charge in [-0.25, -0.2) is 9.37 Å². The van der Waals surface area contributed by atoms with Crippen LogP contribution in [0.2, 0.25) is 0 Å². The molecule has 0 fully saturated rings. The number of pyridine rings is 2. The molecule has 3 rings (SSSR count). The molecule has 0 spiro atoms. The van der Waals surface area contributed by atoms with Gasteiger partial charge in [0.15, 0.2) is 0 Å². The molecule has 0 bridgehead atoms. The Balaban J connectivity index is 1.96. The van der Waals surface area contributed by atoms with E-state index in [0.29, 0.717) is 16.6 Å². The van der Waals surface area contributed by atoms with Crippen molar-refractivity contribution in [3.8, 4) is 0 Å². The third-order valence-corrected chi connectivity index (χ3v) is 4.56. The van der Waals surface area contributed by atoms with Crippen molar-refractivity contribution in [2.45, 2.75) is 19.0 Å². The van der Waals surface area contributed by atoms with Gasteiger partial charge in [-0.15, -0.1) is 0 Å². The standard InChI is InChI=1S/C20H18F4N4O/c1-25-19(14-5-9-17(29)28(11-14)20(23)24)27-18(12-2-6-15(21)7-3-12)13-4-8-16(22)26-10-13/h2,4-12,18,20H,3H2,1H3,(H,25,27). The summed E-state index contributed by atoms with van der Waals surface area (Å²) in [6.07, 6.45) is 7.16. The number of hydrogen-bond acceptors (Lipinski definition) is 3. The van der Waals surface area contributed by atoms with E-state index in [1.165, 1.54) is 43.6 Å². The molecule has 152 valence electrons. The number of nitrogens with zero attached hydrogens (tertiary/aromatic N) is 3. The van der Waals surface area contributed by atoms with Crippen LogP contribution < -0.4 is 10.9 Å². The first-order valence-corrected chi connectivity index (χ1v) is 8.78. The molecule has 9 heteroatoms. The van der Waals surface area contributed by atoms with Crippen LogP contribution in [0.25, 0.3) is 0 Å². The van der Waals surface area contributed by atoms with E-state index in [9.17, 15) is 22.4 Å². The molecule has 2 aromatic rings. The van der Waals surface area contributed by atoms with Gasteiger partial charge in [0, 0.05) is 37.0 Å². The maximum Gasteiger partial charge on any atom is 0.321 e. The molecule has 2 heterocycles. The highest BCUT2D eigenvalue weighted by Gasteiger charge is 2.25. The van der Waals surface area contributed by atoms with Gasteiger partial charge in [-0.2, -0.15) is 13.2 Å². The van der Waals surface area contributed by atoms with Crippen molar-refractivity contribution in [2.75, 3.05) is 7.05 Å². The summed E-state index contributed by atoms with van der Waals surface area (Å²) in [6.45, 7) is -2.99. The lowest BCUT2D eigenvalue weighted by Crippen LogP contribution is -2.35. The van der Waals surface area contributed by atoms with E-state index in [-0.39, 0.29) is 23.1 Å². The number of hydrogen-bond donors (Lipinski definition) is 1. The Bertz CT molecular complexity index is 1010. The highest BCUT2D eigenvalue weighted by molar-refractivity contribution is 5.98. The number of alkyl halides is 2. The topological polar surface area (TPSA) is 59.3 Å². The molecule has 0 amide bonds. The number of allylic oxidation sites excluding steroid dienone is 3. The first kappa shape index (κ1) is 20.5. The Morgan fingerprint density at radius 1 is 1.28 bits per heavy atom. The van der Waals surface area contributed by atoms with Crippen LogP contribution in [0.15, 0.2) is 70.5 Å². The molecule has 1 aliphatic carbocycles. The fourth-order valence-corrected chi connectivity index (χ4v) is 3.09. The number of amidine groups is 1. The van der Waals surface area contributed by atoms with Crippen molar-refractivity contribution < 1.29 is 17.6 Å². The molecule has 5 nitrogen and oxygen atoms in total. The minimum Gasteiger partial charge on any atom is -0.362 e. The first-order valence-electron chi connectivity index (χ1n) is 8.78. The second kappa shape index (κ2) is 8.85. The van der Waals surface area contributed by atoms with Gasteiger partial charge in [0.2, 0.25) is 5.95 Å². The third kappa shape index (κ3) is 4.79. The maximum absolute atomic E-state index is 13.4. The Morgan fingerprint density at radius 3 is 2.66 bits per heavy atom. The van der Waals surface area contributed by atoms with Crippen molar-refractivity contribution in [2.24, 2.45) is 10.9 Å². The second-order valence-electron chi connectivity index (χ2n) is 6.40. The van der Waals surface area contributed by atoms with E-state index in [1.807, 2.05) is 0 Å². The zero-order valence-corrected chi connectivity index (χ0v) is 15.4. The average molecular weight is 406 g/mol. The third-order valence-electron chi connectivity index (χ3n) is 4.56. The van der Waals surface area contributed by atoms with Crippen LogP contribution >= 0.6 is 0 Å². The van der Waals surface area contributed by atoms with Crippen molar-refractivity contribution in [1.29, 1.82) is 0 Å². The van der Waals surface area contributed by atoms with Crippen molar-refractivity contribution in [3.05, 3.63) is 88.1 Å². The SMILES string of the molecule is CN=C(NC(c1ccc(F)nc1)C1C=CC(F)=CC1)c1ccc(=O)n(C(F)F)c1. The molecule has 0 saturated carbocycles. The maximum atomic E-state index is 13.4. The molecule has 0 radical (unpaired) electrons. The van der Waals surface area contributed by atoms with E-state index < -0.39 is 24.1 Å². The van der Waals surface area contributed by atoms with Crippen LogP contribution in [0.4, 0.5) is 17.6 Å². The van der Waals surface area contributed by atoms with Gasteiger partial charge in [-0.3, -0.25) is 14.4 Å². The summed E-state index contributed by atoms with van der Waals surface area (Å²) < 4.78 is 53.1. The summed E-state index contributed by atoms with van der Waals surface area (Å²) in [6, 6.07) is 4.66. The van der Waals surface area contributed by atoms with Crippen LogP contribution in [0.1, 0.15) is 30.1 Å². The van der Waals surface area contributed by atoms with Crippen LogP contribution in [-0.4, -0.2) is 22.4 Å². The summed E-state index contributed by atoms with van der Waals surface area (Å²) in [7, 11) is 1.47. The fraction of sp³-hybridized carbons (Fsp3) is 0.250. The van der Waals surface area contributed by atoms with Crippen molar-refractivity contribution in [1.82, 2.24) is 14.9 Å². The molecule has 1 N–H and O–H groups in total. The number of aromatic nitrogens is 2. The van der Waals surface area contributed by atoms with Gasteiger partial charge < -0.3 is 5.32 Å². The molecular formula is C20H18F4N4O. The van der Waals surface area contributed by atoms with Crippen molar-refractivity contribution >= 4 is 5.84 Å². The summed E-state index contributed by atoms with van der Waals surface area (Å²) in [5, 5.41) is 3.15. The average Bonchev–Trinajstić information content (AvgIpc) is 2.71. The summed E-state index contributed by atoms with van der Waals surface area (Å²) in [5.74, 6) is -0.978. The molecule has 0 aliphatic heterocycles. The van der Waals surface area contributed by atoms with E-state index >= 15 is 0 Å². The van der Waals surface area contributed by atoms with E-state index in [4.69, 9.17) is 0 Å². The number of aliphatic imine (C=N–C) groups is 1. The summed E-state index contributed by atoms with van der Waals surface area (Å²) >= 11 is 0. The normalized spacial score (nSPS) is 17.9. The Kier molecular flexibility index (Phi) is 6.26. The molecule has 29 heavy (non-hydrogen) atoms. The van der Waals surface area contributed by atoms with Gasteiger partial charge in [-0.05, 0) is 36.3 Å². The largest absolute Gasteiger partial charge is 0.362 e. The van der Waals surface area contributed by atoms with Crippen LogP contribution in [0.3, 0.4) is 0 Å². The smallest absolute Gasteiger partial charge is 0.321 e. The molecule has 2 atom stereocenters. The number of nitrogens with one attached hydrogen (secondary N) is 1. The quantitative estimate of drug-likeness (QED) is 0.355. The van der Waals surface area contributed by atoms with Crippen LogP contribution in [0.5, 0.6) is 0 Å². The Hall–Kier alpha value is -3.23. The molecular weight excluding hydrogens is 388 g/mol. The zero-order chi connectivity index (χ0) is 21.0. The second-order valence-corrected chi connectivity index (χ2v) is 6.40. The predicted molar refractivity (Wildman–Crippen MR) is 101 cm³/mol. The van der Waals surface area contributed by atoms with Crippen molar-refractivity contribution in [3.63, 3.8) is 0 Å². The Morgan fingerprint density at radius 2 is 2.07 bits per heavy atom. The van der Waals surface area contributed by atoms with Gasteiger partial charge in [-0.1, -0.05) is 12.1 Å². The van der Waals surface area contributed by atoms with E-state index in [0.717, 1.165) is 12.3 Å². The lowest BCUT2D eigenvalue weighted by atomic mass is 9.88. The molecule has 2 unspecified atom stereocenters. The van der Waals surface area contributed by atoms with Gasteiger partial charge in [0.25, 0.3) is 5.56 Å². The monoisotopic (exact) mass is 406 g/mol. The molecule has 0 aromatic carbocycles. The number of halogens is 4. The molecule has 0 saturated heterocycles. The van der Waals surface area contributed by atoms with Gasteiger partial charge in [0.1, 0.15) is 11.7 Å². The minimum atomic E-state index is -2.99. The predicted octanol–water partition coefficient (Wildman–Crippen LogP) is 3.91. The highest BCUT2D eigenvalue weighted by Crippen LogP contribution is 2.30. The number of rotatable bonds is 5. The highest BCUT2D eigenvalue weighted by atomic mass is 19.3. The lowest BCUT2D eigenvalue weighted by Gasteiger charge is -2.28. The van der Waals surface area contributed by atoms with E-state index in [2.05, 4.69) is 15.3 Å². The van der Waals surface area contributed by atoms with Crippen LogP contribution in [-0.2, 0) is 0 Å². The Labute approximate surface area is 164 Å². The summed E-state index contributed by atoms with van der Waals surface area (Å²) in [5.41, 5.74) is 0.0448. The molecule has 2 aromatic heterocycles. The van der Waals surface area contributed by atoms with Gasteiger partial charge >= 0.3 is 6.55 Å².